The van der Waals surface area contributed by atoms with Crippen LogP contribution in [0.5, 0.6) is 0 Å². The van der Waals surface area contributed by atoms with Crippen LogP contribution in [0.2, 0.25) is 0 Å². The summed E-state index contributed by atoms with van der Waals surface area (Å²) in [7, 11) is 0. The summed E-state index contributed by atoms with van der Waals surface area (Å²) in [6, 6.07) is 0. The molecule has 0 saturated heterocycles. The number of hydrogen-bond acceptors (Lipinski definition) is 0. The summed E-state index contributed by atoms with van der Waals surface area (Å²) in [6.07, 6.45) is 4.07. The minimum absolute atomic E-state index is 0. The Bertz CT molecular complexity index is 46.1. The van der Waals surface area contributed by atoms with E-state index in [0.717, 1.165) is 0 Å². The van der Waals surface area contributed by atoms with Crippen LogP contribution < -0.4 is 0 Å². The molecule has 0 aromatic rings. The number of allylic oxidation sites excluding steroid dienone is 2. The molecular weight excluding hydrogens is 256 g/mol. The first-order valence-electron chi connectivity index (χ1n) is 2.23. The zero-order valence-corrected chi connectivity index (χ0v) is 7.78. The van der Waals surface area contributed by atoms with Crippen LogP contribution in [0.25, 0.3) is 0 Å². The second kappa shape index (κ2) is 6.43. The molecule has 0 fully saturated rings. The second-order valence-corrected chi connectivity index (χ2v) is 1.50. The monoisotopic (exact) mass is 267 g/mol. The molecule has 42 valence electrons. The first kappa shape index (κ1) is 10.4. The summed E-state index contributed by atoms with van der Waals surface area (Å²) in [5.74, 6) is 0.468. The van der Waals surface area contributed by atoms with Gasteiger partial charge in [0.15, 0.2) is 0 Å². The summed E-state index contributed by atoms with van der Waals surface area (Å²) in [5, 5.41) is 0. The Kier molecular flexibility index (Phi) is 9.57. The predicted octanol–water partition coefficient (Wildman–Crippen LogP) is 2.03. The third-order valence-corrected chi connectivity index (χ3v) is 0.521. The standard InChI is InChI=1S/C6H11.W/c1-4-5-6(2)3;/h4-6H,2H2,1,3H3;/q-1;/b5-4+;. The molecule has 0 rings (SSSR count). The Hall–Kier alpha value is 0.428. The molecule has 0 saturated carbocycles. The van der Waals surface area contributed by atoms with Gasteiger partial charge in [0, 0.05) is 21.1 Å². The zero-order valence-electron chi connectivity index (χ0n) is 4.85. The Labute approximate surface area is 60.3 Å². The first-order chi connectivity index (χ1) is 2.77. The van der Waals surface area contributed by atoms with E-state index in [1.54, 1.807) is 0 Å². The molecule has 0 bridgehead atoms. The van der Waals surface area contributed by atoms with Gasteiger partial charge in [0.2, 0.25) is 0 Å². The minimum atomic E-state index is 0. The molecule has 1 atom stereocenters. The van der Waals surface area contributed by atoms with Crippen LogP contribution in [0.4, 0.5) is 0 Å². The van der Waals surface area contributed by atoms with E-state index in [2.05, 4.69) is 19.9 Å². The van der Waals surface area contributed by atoms with E-state index in [4.69, 9.17) is 0 Å². The van der Waals surface area contributed by atoms with Gasteiger partial charge >= 0.3 is 0 Å². The summed E-state index contributed by atoms with van der Waals surface area (Å²) >= 11 is 0. The summed E-state index contributed by atoms with van der Waals surface area (Å²) < 4.78 is 0. The van der Waals surface area contributed by atoms with Crippen LogP contribution in [0, 0.1) is 12.8 Å². The molecule has 0 aliphatic carbocycles. The quantitative estimate of drug-likeness (QED) is 0.503. The molecule has 0 aliphatic heterocycles. The van der Waals surface area contributed by atoms with Crippen LogP contribution in [0.15, 0.2) is 12.2 Å². The van der Waals surface area contributed by atoms with Crippen molar-refractivity contribution in [3.05, 3.63) is 19.1 Å². The molecule has 7 heavy (non-hydrogen) atoms. The van der Waals surface area contributed by atoms with Gasteiger partial charge in [-0.05, 0) is 6.92 Å². The summed E-state index contributed by atoms with van der Waals surface area (Å²) in [5.41, 5.74) is 0. The number of hydrogen-bond donors (Lipinski definition) is 0. The van der Waals surface area contributed by atoms with Crippen molar-refractivity contribution in [2.45, 2.75) is 13.8 Å². The van der Waals surface area contributed by atoms with Gasteiger partial charge in [0.1, 0.15) is 0 Å². The molecule has 0 radical (unpaired) electrons. The summed E-state index contributed by atoms with van der Waals surface area (Å²) in [6.45, 7) is 7.80. The Balaban J connectivity index is 0. The van der Waals surface area contributed by atoms with Crippen molar-refractivity contribution in [2.24, 2.45) is 5.92 Å². The fourth-order valence-corrected chi connectivity index (χ4v) is 0.329. The summed E-state index contributed by atoms with van der Waals surface area (Å²) in [4.78, 5) is 0. The maximum atomic E-state index is 3.74. The van der Waals surface area contributed by atoms with E-state index < -0.39 is 0 Å². The largest absolute Gasteiger partial charge is 0.337 e. The Morgan fingerprint density at radius 1 is 1.57 bits per heavy atom. The normalized spacial score (nSPS) is 13.6. The number of rotatable bonds is 1. The van der Waals surface area contributed by atoms with Crippen LogP contribution >= 0.6 is 0 Å². The van der Waals surface area contributed by atoms with Gasteiger partial charge in [0.05, 0.1) is 0 Å². The molecule has 0 aromatic heterocycles. The molecule has 0 aromatic carbocycles. The van der Waals surface area contributed by atoms with E-state index in [9.17, 15) is 0 Å². The van der Waals surface area contributed by atoms with Gasteiger partial charge in [-0.25, -0.2) is 0 Å². The van der Waals surface area contributed by atoms with Gasteiger partial charge in [-0.15, -0.1) is 6.08 Å². The predicted molar refractivity (Wildman–Crippen MR) is 29.3 cm³/mol. The van der Waals surface area contributed by atoms with Crippen LogP contribution in [-0.4, -0.2) is 0 Å². The molecule has 1 heteroatoms. The van der Waals surface area contributed by atoms with Crippen LogP contribution in [-0.2, 0) is 21.1 Å². The van der Waals surface area contributed by atoms with Crippen molar-refractivity contribution in [1.82, 2.24) is 0 Å². The van der Waals surface area contributed by atoms with Crippen molar-refractivity contribution >= 4 is 0 Å². The third kappa shape index (κ3) is 10.7. The van der Waals surface area contributed by atoms with Gasteiger partial charge in [-0.1, -0.05) is 13.0 Å². The first-order valence-corrected chi connectivity index (χ1v) is 2.23. The van der Waals surface area contributed by atoms with E-state index in [1.165, 1.54) is 0 Å². The average molecular weight is 267 g/mol. The van der Waals surface area contributed by atoms with E-state index >= 15 is 0 Å². The van der Waals surface area contributed by atoms with Crippen molar-refractivity contribution < 1.29 is 21.1 Å². The Morgan fingerprint density at radius 3 is 2.00 bits per heavy atom. The molecule has 0 N–H and O–H groups in total. The third-order valence-electron chi connectivity index (χ3n) is 0.521. The van der Waals surface area contributed by atoms with Crippen molar-refractivity contribution in [3.8, 4) is 0 Å². The Morgan fingerprint density at radius 2 is 2.00 bits per heavy atom. The van der Waals surface area contributed by atoms with Crippen molar-refractivity contribution in [1.29, 1.82) is 0 Å². The maximum Gasteiger partial charge on any atom is 0 e. The van der Waals surface area contributed by atoms with Crippen molar-refractivity contribution in [2.75, 3.05) is 0 Å². The topological polar surface area (TPSA) is 0 Å². The maximum absolute atomic E-state index is 3.74. The SMILES string of the molecule is [CH2-]C(C)/C=C/C.[W]. The molecule has 0 amide bonds. The van der Waals surface area contributed by atoms with Crippen LogP contribution in [0.3, 0.4) is 0 Å². The van der Waals surface area contributed by atoms with E-state index in [1.807, 2.05) is 13.0 Å². The fraction of sp³-hybridized carbons (Fsp3) is 0.500. The van der Waals surface area contributed by atoms with Gasteiger partial charge in [0.25, 0.3) is 0 Å². The van der Waals surface area contributed by atoms with E-state index in [0.29, 0.717) is 5.92 Å². The van der Waals surface area contributed by atoms with Gasteiger partial charge in [-0.2, -0.15) is 5.92 Å². The molecule has 0 nitrogen and oxygen atoms in total. The molecular formula is C6H11W-. The zero-order chi connectivity index (χ0) is 4.99. The molecule has 0 aliphatic rings. The van der Waals surface area contributed by atoms with Gasteiger partial charge < -0.3 is 6.92 Å². The van der Waals surface area contributed by atoms with Crippen molar-refractivity contribution in [3.63, 3.8) is 0 Å². The smallest absolute Gasteiger partial charge is 0 e. The minimum Gasteiger partial charge on any atom is -0.337 e. The molecule has 0 spiro atoms. The average Bonchev–Trinajstić information content (AvgIpc) is 1.35. The van der Waals surface area contributed by atoms with E-state index in [-0.39, 0.29) is 21.1 Å². The van der Waals surface area contributed by atoms with Gasteiger partial charge in [-0.3, -0.25) is 0 Å². The fourth-order valence-electron chi connectivity index (χ4n) is 0.329. The molecule has 0 heterocycles. The van der Waals surface area contributed by atoms with Crippen LogP contribution in [0.1, 0.15) is 13.8 Å². The molecule has 1 unspecified atom stereocenters. The second-order valence-electron chi connectivity index (χ2n) is 1.50.